The molecule has 0 spiro atoms. The van der Waals surface area contributed by atoms with Crippen molar-refractivity contribution in [2.24, 2.45) is 0 Å². The number of sulfonamides is 1. The van der Waals surface area contributed by atoms with Gasteiger partial charge in [-0.15, -0.1) is 0 Å². The van der Waals surface area contributed by atoms with Crippen molar-refractivity contribution in [3.8, 4) is 5.75 Å². The van der Waals surface area contributed by atoms with Crippen LogP contribution in [-0.2, 0) is 26.0 Å². The van der Waals surface area contributed by atoms with E-state index in [1.54, 1.807) is 43.3 Å². The maximum atomic E-state index is 13.9. The average Bonchev–Trinajstić information content (AvgIpc) is 2.96. The average molecular weight is 566 g/mol. The minimum atomic E-state index is -4.12. The molecule has 9 heteroatoms. The van der Waals surface area contributed by atoms with E-state index in [1.807, 2.05) is 51.1 Å². The number of hydrogen-bond acceptors (Lipinski definition) is 5. The van der Waals surface area contributed by atoms with E-state index in [2.05, 4.69) is 5.32 Å². The standard InChI is InChI=1S/C31H39N3O5S/c1-5-21-32-31(36)25(4)33(22-20-26-10-8-7-9-11-26)30(35)23-34(27-14-12-24(3)13-15-27)40(37,38)29-18-16-28(17-19-29)39-6-2/h7-19,25H,5-6,20-23H2,1-4H3,(H,32,36)/t25-/m1/s1. The summed E-state index contributed by atoms with van der Waals surface area (Å²) >= 11 is 0. The molecule has 3 aromatic rings. The van der Waals surface area contributed by atoms with Crippen molar-refractivity contribution in [2.75, 3.05) is 30.5 Å². The van der Waals surface area contributed by atoms with Crippen LogP contribution in [0.25, 0.3) is 0 Å². The van der Waals surface area contributed by atoms with Crippen LogP contribution in [0.2, 0.25) is 0 Å². The minimum Gasteiger partial charge on any atom is -0.494 e. The molecule has 0 aromatic heterocycles. The lowest BCUT2D eigenvalue weighted by Gasteiger charge is -2.32. The highest BCUT2D eigenvalue weighted by Crippen LogP contribution is 2.26. The molecule has 40 heavy (non-hydrogen) atoms. The Labute approximate surface area is 238 Å². The van der Waals surface area contributed by atoms with Gasteiger partial charge in [-0.25, -0.2) is 8.42 Å². The van der Waals surface area contributed by atoms with Gasteiger partial charge in [0.1, 0.15) is 18.3 Å². The zero-order valence-corrected chi connectivity index (χ0v) is 24.5. The second-order valence-corrected chi connectivity index (χ2v) is 11.4. The maximum Gasteiger partial charge on any atom is 0.264 e. The molecule has 1 N–H and O–H groups in total. The fourth-order valence-electron chi connectivity index (χ4n) is 4.21. The second-order valence-electron chi connectivity index (χ2n) is 9.54. The van der Waals surface area contributed by atoms with Crippen molar-refractivity contribution in [2.45, 2.75) is 51.5 Å². The molecule has 0 saturated carbocycles. The summed E-state index contributed by atoms with van der Waals surface area (Å²) in [5.41, 5.74) is 2.33. The van der Waals surface area contributed by atoms with E-state index in [1.165, 1.54) is 17.0 Å². The summed E-state index contributed by atoms with van der Waals surface area (Å²) in [6, 6.07) is 22.0. The van der Waals surface area contributed by atoms with Crippen molar-refractivity contribution < 1.29 is 22.7 Å². The third-order valence-electron chi connectivity index (χ3n) is 6.52. The van der Waals surface area contributed by atoms with Gasteiger partial charge in [0.2, 0.25) is 11.8 Å². The predicted octanol–water partition coefficient (Wildman–Crippen LogP) is 4.58. The molecule has 0 aliphatic heterocycles. The smallest absolute Gasteiger partial charge is 0.264 e. The van der Waals surface area contributed by atoms with Gasteiger partial charge in [0.15, 0.2) is 0 Å². The van der Waals surface area contributed by atoms with E-state index in [4.69, 9.17) is 4.74 Å². The maximum absolute atomic E-state index is 13.9. The summed E-state index contributed by atoms with van der Waals surface area (Å²) in [4.78, 5) is 28.3. The molecule has 214 valence electrons. The van der Waals surface area contributed by atoms with Crippen LogP contribution in [0, 0.1) is 6.92 Å². The highest BCUT2D eigenvalue weighted by Gasteiger charge is 2.32. The van der Waals surface area contributed by atoms with Gasteiger partial charge in [0, 0.05) is 13.1 Å². The number of aryl methyl sites for hydroxylation is 1. The van der Waals surface area contributed by atoms with Crippen molar-refractivity contribution in [3.63, 3.8) is 0 Å². The largest absolute Gasteiger partial charge is 0.494 e. The molecule has 0 radical (unpaired) electrons. The summed E-state index contributed by atoms with van der Waals surface area (Å²) in [5.74, 6) is -0.192. The van der Waals surface area contributed by atoms with E-state index in [9.17, 15) is 18.0 Å². The lowest BCUT2D eigenvalue weighted by Crippen LogP contribution is -2.52. The van der Waals surface area contributed by atoms with Crippen molar-refractivity contribution in [1.82, 2.24) is 10.2 Å². The van der Waals surface area contributed by atoms with Gasteiger partial charge in [-0.2, -0.15) is 0 Å². The van der Waals surface area contributed by atoms with Gasteiger partial charge < -0.3 is 15.0 Å². The Balaban J connectivity index is 1.95. The minimum absolute atomic E-state index is 0.0360. The van der Waals surface area contributed by atoms with Gasteiger partial charge >= 0.3 is 0 Å². The summed E-state index contributed by atoms with van der Waals surface area (Å²) < 4.78 is 34.4. The molecule has 0 aliphatic rings. The van der Waals surface area contributed by atoms with Crippen LogP contribution in [0.3, 0.4) is 0 Å². The molecule has 3 aromatic carbocycles. The third kappa shape index (κ3) is 8.08. The van der Waals surface area contributed by atoms with Crippen molar-refractivity contribution in [3.05, 3.63) is 90.0 Å². The Morgan fingerprint density at radius 2 is 1.57 bits per heavy atom. The number of anilines is 1. The zero-order valence-electron chi connectivity index (χ0n) is 23.7. The first-order valence-electron chi connectivity index (χ1n) is 13.6. The highest BCUT2D eigenvalue weighted by atomic mass is 32.2. The Hall–Kier alpha value is -3.85. The molecule has 0 saturated heterocycles. The fraction of sp³-hybridized carbons (Fsp3) is 0.355. The quantitative estimate of drug-likeness (QED) is 0.309. The first kappa shape index (κ1) is 30.7. The van der Waals surface area contributed by atoms with Crippen LogP contribution >= 0.6 is 0 Å². The Bertz CT molecular complexity index is 1340. The molecule has 2 amide bonds. The molecule has 3 rings (SSSR count). The van der Waals surface area contributed by atoms with Crippen LogP contribution < -0.4 is 14.4 Å². The Morgan fingerprint density at radius 1 is 0.925 bits per heavy atom. The third-order valence-corrected chi connectivity index (χ3v) is 8.31. The van der Waals surface area contributed by atoms with E-state index in [-0.39, 0.29) is 17.3 Å². The van der Waals surface area contributed by atoms with Crippen LogP contribution in [0.4, 0.5) is 5.69 Å². The van der Waals surface area contributed by atoms with Gasteiger partial charge in [0.25, 0.3) is 10.0 Å². The second kappa shape index (κ2) is 14.5. The number of benzene rings is 3. The molecule has 0 fully saturated rings. The molecule has 0 heterocycles. The van der Waals surface area contributed by atoms with Crippen molar-refractivity contribution in [1.29, 1.82) is 0 Å². The monoisotopic (exact) mass is 565 g/mol. The summed E-state index contributed by atoms with van der Waals surface area (Å²) in [5, 5.41) is 2.85. The number of nitrogens with one attached hydrogen (secondary N) is 1. The SMILES string of the molecule is CCCNC(=O)[C@@H](C)N(CCc1ccccc1)C(=O)CN(c1ccc(C)cc1)S(=O)(=O)c1ccc(OCC)cc1. The van der Waals surface area contributed by atoms with Crippen molar-refractivity contribution >= 4 is 27.5 Å². The van der Waals surface area contributed by atoms with E-state index < -0.39 is 28.5 Å². The number of hydrogen-bond donors (Lipinski definition) is 1. The molecule has 0 bridgehead atoms. The van der Waals surface area contributed by atoms with Crippen LogP contribution in [0.5, 0.6) is 5.75 Å². The molecule has 1 atom stereocenters. The summed E-state index contributed by atoms with van der Waals surface area (Å²) in [6.07, 6.45) is 1.28. The molecule has 0 unspecified atom stereocenters. The van der Waals surface area contributed by atoms with Crippen LogP contribution in [0.1, 0.15) is 38.3 Å². The molecule has 0 aliphatic carbocycles. The fourth-order valence-corrected chi connectivity index (χ4v) is 5.62. The normalized spacial score (nSPS) is 11.9. The van der Waals surface area contributed by atoms with Crippen LogP contribution in [-0.4, -0.2) is 57.4 Å². The first-order valence-corrected chi connectivity index (χ1v) is 15.0. The Kier molecular flexibility index (Phi) is 11.1. The van der Waals surface area contributed by atoms with Gasteiger partial charge in [-0.3, -0.25) is 13.9 Å². The summed E-state index contributed by atoms with van der Waals surface area (Å²) in [6.45, 7) is 8.13. The number of nitrogens with zero attached hydrogens (tertiary/aromatic N) is 2. The molecule has 8 nitrogen and oxygen atoms in total. The summed E-state index contributed by atoms with van der Waals surface area (Å²) in [7, 11) is -4.12. The number of carbonyl (C=O) groups is 2. The lowest BCUT2D eigenvalue weighted by molar-refractivity contribution is -0.138. The molecular formula is C31H39N3O5S. The predicted molar refractivity (Wildman–Crippen MR) is 158 cm³/mol. The number of amides is 2. The van der Waals surface area contributed by atoms with E-state index in [0.29, 0.717) is 31.0 Å². The van der Waals surface area contributed by atoms with Gasteiger partial charge in [-0.1, -0.05) is 55.0 Å². The van der Waals surface area contributed by atoms with Gasteiger partial charge in [0.05, 0.1) is 17.2 Å². The van der Waals surface area contributed by atoms with Crippen LogP contribution in [0.15, 0.2) is 83.8 Å². The number of carbonyl (C=O) groups excluding carboxylic acids is 2. The van der Waals surface area contributed by atoms with E-state index in [0.717, 1.165) is 21.9 Å². The number of rotatable bonds is 14. The lowest BCUT2D eigenvalue weighted by atomic mass is 10.1. The zero-order chi connectivity index (χ0) is 29.1. The number of ether oxygens (including phenoxy) is 1. The molecular weight excluding hydrogens is 526 g/mol. The highest BCUT2D eigenvalue weighted by molar-refractivity contribution is 7.92. The Morgan fingerprint density at radius 3 is 2.17 bits per heavy atom. The topological polar surface area (TPSA) is 96.0 Å². The van der Waals surface area contributed by atoms with Gasteiger partial charge in [-0.05, 0) is 75.6 Å². The first-order chi connectivity index (χ1) is 19.2. The van der Waals surface area contributed by atoms with E-state index >= 15 is 0 Å².